The maximum Gasteiger partial charge on any atom is 0.165 e. The van der Waals surface area contributed by atoms with Crippen LogP contribution >= 0.6 is 0 Å². The summed E-state index contributed by atoms with van der Waals surface area (Å²) in [6.07, 6.45) is 0.980. The molecule has 0 fully saturated rings. The van der Waals surface area contributed by atoms with E-state index in [-0.39, 0.29) is 17.5 Å². The first-order valence-electron chi connectivity index (χ1n) is 5.59. The van der Waals surface area contributed by atoms with Crippen LogP contribution < -0.4 is 4.74 Å². The monoisotopic (exact) mass is 226 g/mol. The molecule has 0 amide bonds. The van der Waals surface area contributed by atoms with E-state index >= 15 is 0 Å². The molecule has 0 spiro atoms. The first-order chi connectivity index (χ1) is 7.58. The van der Waals surface area contributed by atoms with Crippen molar-refractivity contribution in [3.8, 4) is 5.75 Å². The van der Waals surface area contributed by atoms with E-state index in [1.807, 2.05) is 13.8 Å². The topological polar surface area (TPSA) is 29.5 Å². The van der Waals surface area contributed by atoms with Crippen molar-refractivity contribution in [3.63, 3.8) is 0 Å². The summed E-state index contributed by atoms with van der Waals surface area (Å²) in [5.41, 5.74) is 0.797. The van der Waals surface area contributed by atoms with E-state index in [2.05, 4.69) is 0 Å². The Morgan fingerprint density at radius 1 is 1.44 bits per heavy atom. The molecule has 16 heavy (non-hydrogen) atoms. The van der Waals surface area contributed by atoms with Crippen LogP contribution in [-0.2, 0) is 6.42 Å². The lowest BCUT2D eigenvalue weighted by atomic mass is 9.96. The second-order valence-corrected chi connectivity index (χ2v) is 4.13. The fraction of sp³-hybridized carbons (Fsp3) is 0.538. The Labute approximate surface area is 96.1 Å². The lowest BCUT2D eigenvalue weighted by molar-refractivity contribution is 0.114. The molecule has 0 bridgehead atoms. The van der Waals surface area contributed by atoms with Gasteiger partial charge in [0.1, 0.15) is 0 Å². The summed E-state index contributed by atoms with van der Waals surface area (Å²) in [7, 11) is 1.44. The summed E-state index contributed by atoms with van der Waals surface area (Å²) >= 11 is 0. The van der Waals surface area contributed by atoms with Crippen LogP contribution in [0, 0.1) is 11.7 Å². The molecule has 0 heterocycles. The van der Waals surface area contributed by atoms with E-state index in [1.165, 1.54) is 13.2 Å². The van der Waals surface area contributed by atoms with Gasteiger partial charge in [0, 0.05) is 0 Å². The van der Waals surface area contributed by atoms with Gasteiger partial charge in [0.15, 0.2) is 11.6 Å². The van der Waals surface area contributed by atoms with Gasteiger partial charge >= 0.3 is 0 Å². The van der Waals surface area contributed by atoms with E-state index < -0.39 is 6.10 Å². The van der Waals surface area contributed by atoms with Crippen LogP contribution in [0.1, 0.15) is 25.8 Å². The smallest absolute Gasteiger partial charge is 0.165 e. The molecule has 1 rings (SSSR count). The quantitative estimate of drug-likeness (QED) is 0.836. The minimum absolute atomic E-state index is 0.227. The molecule has 0 aliphatic rings. The van der Waals surface area contributed by atoms with Gasteiger partial charge in [-0.2, -0.15) is 0 Å². The van der Waals surface area contributed by atoms with E-state index in [4.69, 9.17) is 4.74 Å². The first kappa shape index (κ1) is 13.0. The van der Waals surface area contributed by atoms with Crippen molar-refractivity contribution in [3.05, 3.63) is 29.6 Å². The average molecular weight is 226 g/mol. The summed E-state index contributed by atoms with van der Waals surface area (Å²) in [5.74, 6) is 0.0864. The number of ether oxygens (including phenoxy) is 1. The van der Waals surface area contributed by atoms with E-state index in [1.54, 1.807) is 12.1 Å². The number of halogens is 1. The molecule has 0 saturated heterocycles. The van der Waals surface area contributed by atoms with E-state index in [9.17, 15) is 9.50 Å². The van der Waals surface area contributed by atoms with Gasteiger partial charge in [-0.1, -0.05) is 26.3 Å². The molecule has 0 saturated carbocycles. The lowest BCUT2D eigenvalue weighted by Gasteiger charge is -2.17. The maximum absolute atomic E-state index is 13.4. The highest BCUT2D eigenvalue weighted by Gasteiger charge is 2.13. The Morgan fingerprint density at radius 2 is 2.12 bits per heavy atom. The van der Waals surface area contributed by atoms with Gasteiger partial charge < -0.3 is 9.84 Å². The summed E-state index contributed by atoms with van der Waals surface area (Å²) < 4.78 is 18.2. The predicted octanol–water partition coefficient (Wildman–Crippen LogP) is 2.78. The van der Waals surface area contributed by atoms with Gasteiger partial charge in [0.25, 0.3) is 0 Å². The van der Waals surface area contributed by atoms with Gasteiger partial charge in [-0.3, -0.25) is 0 Å². The molecule has 90 valence electrons. The van der Waals surface area contributed by atoms with Gasteiger partial charge in [-0.05, 0) is 30.0 Å². The molecule has 2 unspecified atom stereocenters. The van der Waals surface area contributed by atoms with Crippen LogP contribution in [0.3, 0.4) is 0 Å². The van der Waals surface area contributed by atoms with Gasteiger partial charge in [-0.25, -0.2) is 4.39 Å². The molecule has 0 aromatic heterocycles. The van der Waals surface area contributed by atoms with Crippen LogP contribution in [0.5, 0.6) is 5.75 Å². The zero-order chi connectivity index (χ0) is 12.1. The van der Waals surface area contributed by atoms with Gasteiger partial charge in [0.05, 0.1) is 13.2 Å². The third-order valence-electron chi connectivity index (χ3n) is 2.96. The lowest BCUT2D eigenvalue weighted by Crippen LogP contribution is -2.19. The molecular formula is C13H19FO2. The standard InChI is InChI=1S/C13H19FO2/c1-4-9(2)12(15)8-10-5-6-13(16-3)11(14)7-10/h5-7,9,12,15H,4,8H2,1-3H3. The minimum Gasteiger partial charge on any atom is -0.494 e. The second-order valence-electron chi connectivity index (χ2n) is 4.13. The van der Waals surface area contributed by atoms with Crippen LogP contribution in [-0.4, -0.2) is 18.3 Å². The molecule has 0 radical (unpaired) electrons. The van der Waals surface area contributed by atoms with Crippen molar-refractivity contribution < 1.29 is 14.2 Å². The highest BCUT2D eigenvalue weighted by atomic mass is 19.1. The second kappa shape index (κ2) is 5.85. The van der Waals surface area contributed by atoms with Crippen molar-refractivity contribution in [1.82, 2.24) is 0 Å². The highest BCUT2D eigenvalue weighted by molar-refractivity contribution is 5.29. The number of rotatable bonds is 5. The number of methoxy groups -OCH3 is 1. The largest absolute Gasteiger partial charge is 0.494 e. The zero-order valence-corrected chi connectivity index (χ0v) is 10.0. The summed E-state index contributed by atoms with van der Waals surface area (Å²) in [6.45, 7) is 4.02. The van der Waals surface area contributed by atoms with Crippen LogP contribution in [0.2, 0.25) is 0 Å². The molecule has 1 aromatic rings. The minimum atomic E-state index is -0.419. The normalized spacial score (nSPS) is 14.6. The fourth-order valence-electron chi connectivity index (χ4n) is 1.55. The third-order valence-corrected chi connectivity index (χ3v) is 2.96. The Bertz CT molecular complexity index is 339. The average Bonchev–Trinajstić information content (AvgIpc) is 2.28. The number of hydrogen-bond acceptors (Lipinski definition) is 2. The van der Waals surface area contributed by atoms with Gasteiger partial charge in [-0.15, -0.1) is 0 Å². The van der Waals surface area contributed by atoms with Crippen molar-refractivity contribution in [1.29, 1.82) is 0 Å². The van der Waals surface area contributed by atoms with Crippen molar-refractivity contribution in [2.24, 2.45) is 5.92 Å². The molecule has 2 nitrogen and oxygen atoms in total. The SMILES string of the molecule is CCC(C)C(O)Cc1ccc(OC)c(F)c1. The van der Waals surface area contributed by atoms with E-state index in [0.717, 1.165) is 12.0 Å². The summed E-state index contributed by atoms with van der Waals surface area (Å²) in [4.78, 5) is 0. The third kappa shape index (κ3) is 3.20. The molecule has 3 heteroatoms. The van der Waals surface area contributed by atoms with Crippen molar-refractivity contribution in [2.75, 3.05) is 7.11 Å². The molecule has 2 atom stereocenters. The van der Waals surface area contributed by atoms with Crippen LogP contribution in [0.15, 0.2) is 18.2 Å². The first-order valence-corrected chi connectivity index (χ1v) is 5.59. The Hall–Kier alpha value is -1.09. The van der Waals surface area contributed by atoms with Crippen molar-refractivity contribution >= 4 is 0 Å². The summed E-state index contributed by atoms with van der Waals surface area (Å²) in [6, 6.07) is 4.80. The Morgan fingerprint density at radius 3 is 2.62 bits per heavy atom. The molecular weight excluding hydrogens is 207 g/mol. The fourth-order valence-corrected chi connectivity index (χ4v) is 1.55. The molecule has 1 N–H and O–H groups in total. The number of aliphatic hydroxyl groups is 1. The molecule has 1 aromatic carbocycles. The van der Waals surface area contributed by atoms with Crippen LogP contribution in [0.4, 0.5) is 4.39 Å². The summed E-state index contributed by atoms with van der Waals surface area (Å²) in [5, 5.41) is 9.83. The zero-order valence-electron chi connectivity index (χ0n) is 10.0. The van der Waals surface area contributed by atoms with Gasteiger partial charge in [0.2, 0.25) is 0 Å². The van der Waals surface area contributed by atoms with Crippen LogP contribution in [0.25, 0.3) is 0 Å². The Kier molecular flexibility index (Phi) is 4.74. The number of hydrogen-bond donors (Lipinski definition) is 1. The number of benzene rings is 1. The molecule has 0 aliphatic heterocycles. The van der Waals surface area contributed by atoms with E-state index in [0.29, 0.717) is 6.42 Å². The Balaban J connectivity index is 2.71. The highest BCUT2D eigenvalue weighted by Crippen LogP contribution is 2.20. The number of aliphatic hydroxyl groups excluding tert-OH is 1. The maximum atomic E-state index is 13.4. The predicted molar refractivity (Wildman–Crippen MR) is 62.1 cm³/mol. The van der Waals surface area contributed by atoms with Crippen molar-refractivity contribution in [2.45, 2.75) is 32.8 Å². The molecule has 0 aliphatic carbocycles.